The number of nitrogens with one attached hydrogen (secondary N) is 2. The van der Waals surface area contributed by atoms with Crippen LogP contribution in [0.4, 0.5) is 5.82 Å². The third kappa shape index (κ3) is 2.54. The van der Waals surface area contributed by atoms with Crippen molar-refractivity contribution in [3.05, 3.63) is 22.6 Å². The lowest BCUT2D eigenvalue weighted by molar-refractivity contribution is 0.411. The van der Waals surface area contributed by atoms with E-state index in [0.29, 0.717) is 10.4 Å². The van der Waals surface area contributed by atoms with Crippen LogP contribution in [0.25, 0.3) is 5.65 Å². The van der Waals surface area contributed by atoms with Crippen molar-refractivity contribution in [1.82, 2.24) is 19.8 Å². The van der Waals surface area contributed by atoms with Crippen molar-refractivity contribution in [2.75, 3.05) is 18.1 Å². The van der Waals surface area contributed by atoms with Gasteiger partial charge in [0.25, 0.3) is 0 Å². The Labute approximate surface area is 121 Å². The fraction of sp³-hybridized carbons (Fsp3) is 0.615. The molecule has 2 aromatic heterocycles. The van der Waals surface area contributed by atoms with Gasteiger partial charge in [0.2, 0.25) is 0 Å². The molecule has 7 heteroatoms. The molecule has 0 aliphatic heterocycles. The Balaban J connectivity index is 1.75. The predicted molar refractivity (Wildman–Crippen MR) is 81.4 cm³/mol. The highest BCUT2D eigenvalue weighted by molar-refractivity contribution is 8.00. The van der Waals surface area contributed by atoms with Gasteiger partial charge >= 0.3 is 5.69 Å². The number of anilines is 1. The van der Waals surface area contributed by atoms with Crippen LogP contribution >= 0.6 is 11.8 Å². The maximum absolute atomic E-state index is 11.5. The van der Waals surface area contributed by atoms with E-state index in [4.69, 9.17) is 0 Å². The van der Waals surface area contributed by atoms with E-state index < -0.39 is 0 Å². The van der Waals surface area contributed by atoms with Crippen LogP contribution in [0.3, 0.4) is 0 Å². The van der Waals surface area contributed by atoms with Crippen LogP contribution in [0.15, 0.2) is 16.9 Å². The number of fused-ring (bicyclic) bond motifs is 1. The number of rotatable bonds is 4. The zero-order chi connectivity index (χ0) is 14.0. The number of thioether (sulfide) groups is 1. The second-order valence-corrected chi connectivity index (χ2v) is 6.59. The second kappa shape index (κ2) is 5.47. The first kappa shape index (κ1) is 13.5. The zero-order valence-electron chi connectivity index (χ0n) is 11.6. The van der Waals surface area contributed by atoms with Gasteiger partial charge in [-0.3, -0.25) is 0 Å². The summed E-state index contributed by atoms with van der Waals surface area (Å²) in [5.41, 5.74) is 0.235. The Morgan fingerprint density at radius 1 is 1.40 bits per heavy atom. The second-order valence-electron chi connectivity index (χ2n) is 5.32. The van der Waals surface area contributed by atoms with Gasteiger partial charge in [-0.05, 0) is 31.2 Å². The molecule has 0 amide bonds. The van der Waals surface area contributed by atoms with Gasteiger partial charge in [0.1, 0.15) is 5.82 Å². The van der Waals surface area contributed by atoms with E-state index in [9.17, 15) is 4.79 Å². The molecule has 2 heterocycles. The molecule has 1 aliphatic rings. The highest BCUT2D eigenvalue weighted by atomic mass is 32.2. The molecule has 0 saturated heterocycles. The maximum Gasteiger partial charge on any atom is 0.364 e. The molecule has 0 radical (unpaired) electrons. The summed E-state index contributed by atoms with van der Waals surface area (Å²) in [5, 5.41) is 13.9. The molecule has 1 aliphatic carbocycles. The van der Waals surface area contributed by atoms with Crippen molar-refractivity contribution in [3.8, 4) is 0 Å². The fourth-order valence-electron chi connectivity index (χ4n) is 2.80. The van der Waals surface area contributed by atoms with Gasteiger partial charge in [0.05, 0.1) is 0 Å². The van der Waals surface area contributed by atoms with Crippen molar-refractivity contribution in [2.24, 2.45) is 0 Å². The lowest BCUT2D eigenvalue weighted by Gasteiger charge is -2.36. The van der Waals surface area contributed by atoms with Gasteiger partial charge in [-0.25, -0.2) is 9.89 Å². The number of hydrogen-bond acceptors (Lipinski definition) is 5. The fourth-order valence-corrected chi connectivity index (χ4v) is 3.71. The maximum atomic E-state index is 11.5. The molecule has 1 saturated carbocycles. The molecular formula is C13H19N5OS. The van der Waals surface area contributed by atoms with Crippen molar-refractivity contribution in [1.29, 1.82) is 0 Å². The van der Waals surface area contributed by atoms with Gasteiger partial charge < -0.3 is 5.32 Å². The first-order chi connectivity index (χ1) is 9.72. The summed E-state index contributed by atoms with van der Waals surface area (Å²) in [4.78, 5) is 11.5. The quantitative estimate of drug-likeness (QED) is 0.900. The summed E-state index contributed by atoms with van der Waals surface area (Å²) >= 11 is 1.94. The molecule has 0 atom stereocenters. The predicted octanol–water partition coefficient (Wildman–Crippen LogP) is 1.90. The van der Waals surface area contributed by atoms with Crippen LogP contribution in [-0.4, -0.2) is 37.4 Å². The van der Waals surface area contributed by atoms with E-state index >= 15 is 0 Å². The van der Waals surface area contributed by atoms with Crippen LogP contribution in [0.1, 0.15) is 32.1 Å². The van der Waals surface area contributed by atoms with Gasteiger partial charge in [-0.15, -0.1) is 5.10 Å². The molecule has 3 rings (SSSR count). The number of H-pyrrole nitrogens is 1. The molecule has 6 nitrogen and oxygen atoms in total. The first-order valence-electron chi connectivity index (χ1n) is 6.96. The average Bonchev–Trinajstić information content (AvgIpc) is 2.87. The lowest BCUT2D eigenvalue weighted by Crippen LogP contribution is -2.35. The molecule has 2 aromatic rings. The smallest absolute Gasteiger partial charge is 0.364 e. The highest BCUT2D eigenvalue weighted by Gasteiger charge is 2.30. The lowest BCUT2D eigenvalue weighted by atomic mass is 9.88. The van der Waals surface area contributed by atoms with E-state index in [1.54, 1.807) is 6.07 Å². The number of aromatic amines is 1. The Hall–Kier alpha value is -1.50. The third-order valence-electron chi connectivity index (χ3n) is 4.06. The van der Waals surface area contributed by atoms with E-state index in [1.807, 2.05) is 17.8 Å². The molecule has 1 fully saturated rings. The molecule has 20 heavy (non-hydrogen) atoms. The van der Waals surface area contributed by atoms with Crippen molar-refractivity contribution >= 4 is 23.2 Å². The summed E-state index contributed by atoms with van der Waals surface area (Å²) in [6.07, 6.45) is 8.62. The molecule has 108 valence electrons. The molecule has 0 spiro atoms. The van der Waals surface area contributed by atoms with Crippen LogP contribution in [-0.2, 0) is 0 Å². The standard InChI is InChI=1S/C13H19N5OS/c1-20-13(7-3-2-4-8-13)9-14-10-5-6-11-15-16-12(19)18(11)17-10/h5-6H,2-4,7-9H2,1H3,(H,14,17)(H,16,19). The van der Waals surface area contributed by atoms with Gasteiger partial charge in [0, 0.05) is 11.3 Å². The minimum Gasteiger partial charge on any atom is -0.367 e. The van der Waals surface area contributed by atoms with E-state index in [2.05, 4.69) is 26.9 Å². The minimum atomic E-state index is -0.305. The normalized spacial score (nSPS) is 18.2. The van der Waals surface area contributed by atoms with E-state index in [-0.39, 0.29) is 5.69 Å². The van der Waals surface area contributed by atoms with Crippen LogP contribution in [0, 0.1) is 0 Å². The third-order valence-corrected chi connectivity index (χ3v) is 5.48. The molecule has 2 N–H and O–H groups in total. The molecule has 0 aromatic carbocycles. The number of aromatic nitrogens is 4. The number of nitrogens with zero attached hydrogens (tertiary/aromatic N) is 3. The molecule has 0 bridgehead atoms. The highest BCUT2D eigenvalue weighted by Crippen LogP contribution is 2.38. The Morgan fingerprint density at radius 3 is 2.95 bits per heavy atom. The van der Waals surface area contributed by atoms with E-state index in [1.165, 1.54) is 36.6 Å². The Kier molecular flexibility index (Phi) is 3.69. The monoisotopic (exact) mass is 293 g/mol. The minimum absolute atomic E-state index is 0.302. The van der Waals surface area contributed by atoms with Crippen LogP contribution < -0.4 is 11.0 Å². The summed E-state index contributed by atoms with van der Waals surface area (Å²) in [6.45, 7) is 0.888. The molecule has 0 unspecified atom stereocenters. The Morgan fingerprint density at radius 2 is 2.20 bits per heavy atom. The van der Waals surface area contributed by atoms with E-state index in [0.717, 1.165) is 12.4 Å². The van der Waals surface area contributed by atoms with Crippen molar-refractivity contribution < 1.29 is 0 Å². The summed E-state index contributed by atoms with van der Waals surface area (Å²) < 4.78 is 1.59. The summed E-state index contributed by atoms with van der Waals surface area (Å²) in [6, 6.07) is 3.66. The summed E-state index contributed by atoms with van der Waals surface area (Å²) in [7, 11) is 0. The van der Waals surface area contributed by atoms with Gasteiger partial charge in [0.15, 0.2) is 5.65 Å². The SMILES string of the molecule is CSC1(CNc2ccc3n[nH]c(=O)n3n2)CCCCC1. The Bertz CT molecular complexity index is 643. The topological polar surface area (TPSA) is 75.1 Å². The van der Waals surface area contributed by atoms with Crippen molar-refractivity contribution in [3.63, 3.8) is 0 Å². The summed E-state index contributed by atoms with van der Waals surface area (Å²) in [5.74, 6) is 0.722. The zero-order valence-corrected chi connectivity index (χ0v) is 12.4. The van der Waals surface area contributed by atoms with Crippen LogP contribution in [0.2, 0.25) is 0 Å². The number of hydrogen-bond donors (Lipinski definition) is 2. The van der Waals surface area contributed by atoms with Gasteiger partial charge in [-0.2, -0.15) is 21.4 Å². The molecular weight excluding hydrogens is 274 g/mol. The van der Waals surface area contributed by atoms with Crippen molar-refractivity contribution in [2.45, 2.75) is 36.9 Å². The van der Waals surface area contributed by atoms with Gasteiger partial charge in [-0.1, -0.05) is 19.3 Å². The first-order valence-corrected chi connectivity index (χ1v) is 8.18. The van der Waals surface area contributed by atoms with Crippen LogP contribution in [0.5, 0.6) is 0 Å². The largest absolute Gasteiger partial charge is 0.367 e. The average molecular weight is 293 g/mol.